The molecule has 0 radical (unpaired) electrons. The van der Waals surface area contributed by atoms with Crippen LogP contribution in [0.4, 0.5) is 0 Å². The highest BCUT2D eigenvalue weighted by atomic mass is 16.4. The number of nitrogens with zero attached hydrogens (tertiary/aromatic N) is 1. The quantitative estimate of drug-likeness (QED) is 0.0506. The van der Waals surface area contributed by atoms with Crippen LogP contribution in [-0.2, 0) is 35.2 Å². The molecule has 220 valence electrons. The highest BCUT2D eigenvalue weighted by molar-refractivity contribution is 5.95. The first-order valence-electron chi connectivity index (χ1n) is 12.2. The lowest BCUT2D eigenvalue weighted by Gasteiger charge is -2.24. The Labute approximate surface area is 229 Å². The standard InChI is InChI=1S/C24H35N7O9/c25-14(7-4-10-28-24(26)27)20(36)30-16(12-19(34)35)22(38)29-15(8-9-18(32)33)21(37)31-17(23(39)40)11-13-5-2-1-3-6-13/h1-3,5-6,14-17H,4,7-12,25H2,(H,29,38)(H,30,36)(H,31,37)(H,32,33)(H,34,35)(H,39,40)(H4,26,27,28). The van der Waals surface area contributed by atoms with Gasteiger partial charge in [0.2, 0.25) is 17.7 Å². The van der Waals surface area contributed by atoms with Crippen molar-refractivity contribution in [1.29, 1.82) is 0 Å². The third-order valence-electron chi connectivity index (χ3n) is 5.49. The van der Waals surface area contributed by atoms with E-state index < -0.39 is 79.1 Å². The summed E-state index contributed by atoms with van der Waals surface area (Å²) in [7, 11) is 0. The van der Waals surface area contributed by atoms with Gasteiger partial charge in [-0.2, -0.15) is 0 Å². The molecule has 0 saturated carbocycles. The zero-order valence-electron chi connectivity index (χ0n) is 21.6. The molecule has 4 unspecified atom stereocenters. The molecular formula is C24H35N7O9. The number of benzene rings is 1. The smallest absolute Gasteiger partial charge is 0.326 e. The molecule has 0 fully saturated rings. The molecule has 0 saturated heterocycles. The molecule has 1 rings (SSSR count). The minimum Gasteiger partial charge on any atom is -0.481 e. The maximum absolute atomic E-state index is 12.9. The Balaban J connectivity index is 2.98. The van der Waals surface area contributed by atoms with E-state index in [1.807, 2.05) is 0 Å². The number of guanidine groups is 1. The van der Waals surface area contributed by atoms with E-state index in [1.165, 1.54) is 0 Å². The lowest BCUT2D eigenvalue weighted by Crippen LogP contribution is -2.57. The molecule has 0 bridgehead atoms. The van der Waals surface area contributed by atoms with Crippen LogP contribution in [0.25, 0.3) is 0 Å². The van der Waals surface area contributed by atoms with Crippen LogP contribution in [-0.4, -0.2) is 87.6 Å². The minimum absolute atomic E-state index is 0.0969. The zero-order valence-corrected chi connectivity index (χ0v) is 21.6. The van der Waals surface area contributed by atoms with Gasteiger partial charge in [0, 0.05) is 19.4 Å². The number of nitrogens with one attached hydrogen (secondary N) is 3. The second-order valence-corrected chi connectivity index (χ2v) is 8.80. The Hall–Kier alpha value is -4.73. The number of nitrogens with two attached hydrogens (primary N) is 3. The van der Waals surface area contributed by atoms with Crippen molar-refractivity contribution in [2.24, 2.45) is 22.2 Å². The van der Waals surface area contributed by atoms with E-state index in [-0.39, 0.29) is 25.3 Å². The highest BCUT2D eigenvalue weighted by Crippen LogP contribution is 2.07. The van der Waals surface area contributed by atoms with Crippen molar-refractivity contribution in [2.45, 2.75) is 62.7 Å². The third-order valence-corrected chi connectivity index (χ3v) is 5.49. The molecule has 0 aliphatic carbocycles. The highest BCUT2D eigenvalue weighted by Gasteiger charge is 2.31. The first kappa shape index (κ1) is 33.3. The average Bonchev–Trinajstić information content (AvgIpc) is 2.87. The van der Waals surface area contributed by atoms with Gasteiger partial charge < -0.3 is 48.5 Å². The van der Waals surface area contributed by atoms with Gasteiger partial charge in [-0.1, -0.05) is 30.3 Å². The zero-order chi connectivity index (χ0) is 30.2. The van der Waals surface area contributed by atoms with Gasteiger partial charge in [0.25, 0.3) is 0 Å². The van der Waals surface area contributed by atoms with Crippen molar-refractivity contribution in [1.82, 2.24) is 16.0 Å². The first-order chi connectivity index (χ1) is 18.8. The van der Waals surface area contributed by atoms with Gasteiger partial charge in [-0.15, -0.1) is 0 Å². The molecule has 0 aliphatic heterocycles. The van der Waals surface area contributed by atoms with E-state index in [9.17, 15) is 39.0 Å². The van der Waals surface area contributed by atoms with Gasteiger partial charge in [-0.05, 0) is 24.8 Å². The van der Waals surface area contributed by atoms with Crippen LogP contribution in [0.5, 0.6) is 0 Å². The first-order valence-corrected chi connectivity index (χ1v) is 12.2. The van der Waals surface area contributed by atoms with Gasteiger partial charge in [0.05, 0.1) is 12.5 Å². The number of carbonyl (C=O) groups is 6. The number of aliphatic imine (C=N–C) groups is 1. The fraction of sp³-hybridized carbons (Fsp3) is 0.458. The number of hydrogen-bond donors (Lipinski definition) is 9. The SMILES string of the molecule is NC(N)=NCCCC(N)C(=O)NC(CC(=O)O)C(=O)NC(CCC(=O)O)C(=O)NC(Cc1ccccc1)C(=O)O. The van der Waals surface area contributed by atoms with Crippen LogP contribution in [0.15, 0.2) is 35.3 Å². The Morgan fingerprint density at radius 3 is 1.90 bits per heavy atom. The summed E-state index contributed by atoms with van der Waals surface area (Å²) in [6, 6.07) is 2.60. The molecular weight excluding hydrogens is 530 g/mol. The van der Waals surface area contributed by atoms with E-state index in [1.54, 1.807) is 30.3 Å². The Bertz CT molecular complexity index is 1080. The van der Waals surface area contributed by atoms with Crippen LogP contribution >= 0.6 is 0 Å². The van der Waals surface area contributed by atoms with Crippen LogP contribution in [0, 0.1) is 0 Å². The van der Waals surface area contributed by atoms with E-state index >= 15 is 0 Å². The van der Waals surface area contributed by atoms with Crippen LogP contribution in [0.2, 0.25) is 0 Å². The molecule has 0 spiro atoms. The Morgan fingerprint density at radius 1 is 0.775 bits per heavy atom. The predicted molar refractivity (Wildman–Crippen MR) is 141 cm³/mol. The summed E-state index contributed by atoms with van der Waals surface area (Å²) in [5.74, 6) is -7.24. The lowest BCUT2D eigenvalue weighted by atomic mass is 10.0. The number of hydrogen-bond acceptors (Lipinski definition) is 8. The second-order valence-electron chi connectivity index (χ2n) is 8.80. The van der Waals surface area contributed by atoms with Crippen LogP contribution in [0.1, 0.15) is 37.7 Å². The predicted octanol–water partition coefficient (Wildman–Crippen LogP) is -2.51. The molecule has 0 aromatic heterocycles. The molecule has 12 N–H and O–H groups in total. The average molecular weight is 566 g/mol. The summed E-state index contributed by atoms with van der Waals surface area (Å²) < 4.78 is 0. The van der Waals surface area contributed by atoms with Crippen molar-refractivity contribution in [3.05, 3.63) is 35.9 Å². The molecule has 4 atom stereocenters. The van der Waals surface area contributed by atoms with Gasteiger partial charge >= 0.3 is 17.9 Å². The summed E-state index contributed by atoms with van der Waals surface area (Å²) in [5, 5.41) is 34.6. The van der Waals surface area contributed by atoms with Crippen molar-refractivity contribution in [3.63, 3.8) is 0 Å². The topological polar surface area (TPSA) is 290 Å². The van der Waals surface area contributed by atoms with E-state index in [2.05, 4.69) is 20.9 Å². The summed E-state index contributed by atoms with van der Waals surface area (Å²) in [5.41, 5.74) is 16.8. The van der Waals surface area contributed by atoms with Gasteiger partial charge in [-0.3, -0.25) is 29.0 Å². The summed E-state index contributed by atoms with van der Waals surface area (Å²) >= 11 is 0. The second kappa shape index (κ2) is 17.0. The number of amides is 3. The maximum atomic E-state index is 12.9. The van der Waals surface area contributed by atoms with Gasteiger partial charge in [0.15, 0.2) is 5.96 Å². The minimum atomic E-state index is -1.67. The van der Waals surface area contributed by atoms with Gasteiger partial charge in [-0.25, -0.2) is 4.79 Å². The molecule has 16 nitrogen and oxygen atoms in total. The van der Waals surface area contributed by atoms with Crippen LogP contribution in [0.3, 0.4) is 0 Å². The van der Waals surface area contributed by atoms with E-state index in [4.69, 9.17) is 22.3 Å². The van der Waals surface area contributed by atoms with Crippen molar-refractivity contribution in [3.8, 4) is 0 Å². The number of rotatable bonds is 18. The number of carboxylic acid groups (broad SMARTS) is 3. The fourth-order valence-electron chi connectivity index (χ4n) is 3.44. The van der Waals surface area contributed by atoms with Crippen molar-refractivity contribution >= 4 is 41.6 Å². The Kier molecular flexibility index (Phi) is 14.1. The number of carbonyl (C=O) groups excluding carboxylic acids is 3. The summed E-state index contributed by atoms with van der Waals surface area (Å²) in [6.07, 6.45) is -1.58. The largest absolute Gasteiger partial charge is 0.481 e. The van der Waals surface area contributed by atoms with E-state index in [0.29, 0.717) is 12.0 Å². The molecule has 1 aromatic carbocycles. The number of carboxylic acids is 3. The molecule has 16 heteroatoms. The Morgan fingerprint density at radius 2 is 1.35 bits per heavy atom. The monoisotopic (exact) mass is 565 g/mol. The molecule has 3 amide bonds. The van der Waals surface area contributed by atoms with E-state index in [0.717, 1.165) is 0 Å². The van der Waals surface area contributed by atoms with Crippen molar-refractivity contribution < 1.29 is 44.1 Å². The lowest BCUT2D eigenvalue weighted by molar-refractivity contribution is -0.143. The summed E-state index contributed by atoms with van der Waals surface area (Å²) in [6.45, 7) is 0.185. The van der Waals surface area contributed by atoms with Crippen molar-refractivity contribution in [2.75, 3.05) is 6.54 Å². The van der Waals surface area contributed by atoms with Crippen LogP contribution < -0.4 is 33.2 Å². The third kappa shape index (κ3) is 13.2. The summed E-state index contributed by atoms with van der Waals surface area (Å²) in [4.78, 5) is 76.3. The maximum Gasteiger partial charge on any atom is 0.326 e. The fourth-order valence-corrected chi connectivity index (χ4v) is 3.44. The molecule has 0 aliphatic rings. The molecule has 0 heterocycles. The van der Waals surface area contributed by atoms with Gasteiger partial charge in [0.1, 0.15) is 18.1 Å². The molecule has 1 aromatic rings. The normalized spacial score (nSPS) is 13.5. The molecule has 40 heavy (non-hydrogen) atoms. The number of aliphatic carboxylic acids is 3.